The quantitative estimate of drug-likeness (QED) is 0.400. The minimum Gasteiger partial charge on any atom is -0.496 e. The first-order valence-corrected chi connectivity index (χ1v) is 11.2. The fourth-order valence-electron chi connectivity index (χ4n) is 3.90. The Balaban J connectivity index is 1.82. The molecule has 0 aliphatic carbocycles. The van der Waals surface area contributed by atoms with Gasteiger partial charge in [-0.25, -0.2) is 14.1 Å². The van der Waals surface area contributed by atoms with Crippen LogP contribution in [0, 0.1) is 19.7 Å². The minimum atomic E-state index is -0.283. The molecule has 2 heterocycles. The highest BCUT2D eigenvalue weighted by Crippen LogP contribution is 2.33. The average Bonchev–Trinajstić information content (AvgIpc) is 3.19. The van der Waals surface area contributed by atoms with E-state index in [2.05, 4.69) is 10.1 Å². The molecule has 4 aromatic rings. The fraction of sp³-hybridized carbons (Fsp3) is 0.240. The Bertz CT molecular complexity index is 1310. The number of thiazole rings is 1. The van der Waals surface area contributed by atoms with E-state index in [1.54, 1.807) is 24.5 Å². The number of hydrogen-bond donors (Lipinski definition) is 0. The first-order valence-electron chi connectivity index (χ1n) is 10.4. The van der Waals surface area contributed by atoms with Gasteiger partial charge in [0.25, 0.3) is 5.56 Å². The highest BCUT2D eigenvalue weighted by Gasteiger charge is 2.20. The van der Waals surface area contributed by atoms with Crippen LogP contribution in [0.2, 0.25) is 0 Å². The van der Waals surface area contributed by atoms with E-state index in [4.69, 9.17) is 4.74 Å². The van der Waals surface area contributed by atoms with Crippen LogP contribution in [0.3, 0.4) is 0 Å². The van der Waals surface area contributed by atoms with E-state index in [9.17, 15) is 9.18 Å². The molecule has 2 aromatic heterocycles. The van der Waals surface area contributed by atoms with Crippen molar-refractivity contribution in [1.82, 2.24) is 14.8 Å². The SMILES string of the molecule is COc1ccccc1-c1c(C)nn(Cc2csc(C)n2)c(=O)c1CCc1cccc(F)c1. The lowest BCUT2D eigenvalue weighted by Gasteiger charge is -2.17. The van der Waals surface area contributed by atoms with E-state index in [1.807, 2.05) is 49.6 Å². The van der Waals surface area contributed by atoms with Crippen molar-refractivity contribution >= 4 is 11.3 Å². The minimum absolute atomic E-state index is 0.168. The van der Waals surface area contributed by atoms with Crippen molar-refractivity contribution < 1.29 is 9.13 Å². The maximum absolute atomic E-state index is 13.7. The Hall–Kier alpha value is -3.32. The molecule has 0 N–H and O–H groups in total. The summed E-state index contributed by atoms with van der Waals surface area (Å²) < 4.78 is 20.7. The summed E-state index contributed by atoms with van der Waals surface area (Å²) in [6, 6.07) is 14.1. The van der Waals surface area contributed by atoms with Crippen molar-refractivity contribution in [3.63, 3.8) is 0 Å². The van der Waals surface area contributed by atoms with Gasteiger partial charge in [0.1, 0.15) is 11.6 Å². The van der Waals surface area contributed by atoms with Gasteiger partial charge in [0.15, 0.2) is 0 Å². The zero-order chi connectivity index (χ0) is 22.7. The highest BCUT2D eigenvalue weighted by atomic mass is 32.1. The Morgan fingerprint density at radius 2 is 1.91 bits per heavy atom. The van der Waals surface area contributed by atoms with Gasteiger partial charge in [-0.3, -0.25) is 4.79 Å². The van der Waals surface area contributed by atoms with Gasteiger partial charge >= 0.3 is 0 Å². The normalized spacial score (nSPS) is 11.0. The molecule has 0 unspecified atom stereocenters. The molecule has 0 bridgehead atoms. The predicted molar refractivity (Wildman–Crippen MR) is 125 cm³/mol. The fourth-order valence-corrected chi connectivity index (χ4v) is 4.51. The molecule has 2 aromatic carbocycles. The summed E-state index contributed by atoms with van der Waals surface area (Å²) in [5.41, 5.74) is 4.44. The second-order valence-corrected chi connectivity index (χ2v) is 8.65. The average molecular weight is 450 g/mol. The third-order valence-corrected chi connectivity index (χ3v) is 6.16. The highest BCUT2D eigenvalue weighted by molar-refractivity contribution is 7.09. The molecule has 7 heteroatoms. The molecule has 164 valence electrons. The molecule has 5 nitrogen and oxygen atoms in total. The molecule has 0 saturated carbocycles. The number of para-hydroxylation sites is 1. The number of halogens is 1. The molecule has 0 aliphatic rings. The van der Waals surface area contributed by atoms with Crippen molar-refractivity contribution in [3.8, 4) is 16.9 Å². The predicted octanol–water partition coefficient (Wildman–Crippen LogP) is 4.96. The molecular formula is C25H24FN3O2S. The van der Waals surface area contributed by atoms with Crippen LogP contribution in [-0.4, -0.2) is 21.9 Å². The van der Waals surface area contributed by atoms with Crippen LogP contribution in [0.5, 0.6) is 5.75 Å². The van der Waals surface area contributed by atoms with E-state index in [1.165, 1.54) is 16.8 Å². The van der Waals surface area contributed by atoms with Crippen LogP contribution >= 0.6 is 11.3 Å². The van der Waals surface area contributed by atoms with Crippen LogP contribution in [0.25, 0.3) is 11.1 Å². The van der Waals surface area contributed by atoms with Crippen LogP contribution in [0.1, 0.15) is 27.5 Å². The van der Waals surface area contributed by atoms with E-state index in [0.29, 0.717) is 30.7 Å². The standard InChI is InChI=1S/C25H24FN3O2S/c1-16-24(21-9-4-5-10-23(21)31-3)22(12-11-18-7-6-8-19(26)13-18)25(30)29(28-16)14-20-15-32-17(2)27-20/h4-10,13,15H,11-12,14H2,1-3H3. The topological polar surface area (TPSA) is 57.0 Å². The van der Waals surface area contributed by atoms with Crippen LogP contribution in [0.4, 0.5) is 4.39 Å². The first kappa shape index (κ1) is 21.9. The van der Waals surface area contributed by atoms with Gasteiger partial charge < -0.3 is 4.74 Å². The molecular weight excluding hydrogens is 425 g/mol. The number of aromatic nitrogens is 3. The summed E-state index contributed by atoms with van der Waals surface area (Å²) in [6.07, 6.45) is 0.990. The number of benzene rings is 2. The van der Waals surface area contributed by atoms with Crippen LogP contribution in [-0.2, 0) is 19.4 Å². The number of ether oxygens (including phenoxy) is 1. The Morgan fingerprint density at radius 1 is 1.09 bits per heavy atom. The van der Waals surface area contributed by atoms with Gasteiger partial charge in [-0.05, 0) is 50.5 Å². The lowest BCUT2D eigenvalue weighted by molar-refractivity contribution is 0.416. The van der Waals surface area contributed by atoms with Crippen molar-refractivity contribution in [2.24, 2.45) is 0 Å². The molecule has 0 spiro atoms. The zero-order valence-corrected chi connectivity index (χ0v) is 19.1. The van der Waals surface area contributed by atoms with E-state index in [-0.39, 0.29) is 11.4 Å². The van der Waals surface area contributed by atoms with Gasteiger partial charge in [0.05, 0.1) is 30.1 Å². The molecule has 0 fully saturated rings. The molecule has 4 rings (SSSR count). The number of aryl methyl sites for hydroxylation is 3. The summed E-state index contributed by atoms with van der Waals surface area (Å²) in [4.78, 5) is 18.1. The number of hydrogen-bond acceptors (Lipinski definition) is 5. The largest absolute Gasteiger partial charge is 0.496 e. The van der Waals surface area contributed by atoms with E-state index >= 15 is 0 Å². The lowest BCUT2D eigenvalue weighted by atomic mass is 9.94. The van der Waals surface area contributed by atoms with E-state index < -0.39 is 0 Å². The second-order valence-electron chi connectivity index (χ2n) is 7.59. The molecule has 0 saturated heterocycles. The molecule has 0 atom stereocenters. The third kappa shape index (κ3) is 4.62. The Morgan fingerprint density at radius 3 is 2.62 bits per heavy atom. The second kappa shape index (κ2) is 9.44. The number of nitrogens with zero attached hydrogens (tertiary/aromatic N) is 3. The summed E-state index contributed by atoms with van der Waals surface area (Å²) in [5, 5.41) is 7.50. The van der Waals surface area contributed by atoms with Gasteiger partial charge in [0, 0.05) is 22.1 Å². The smallest absolute Gasteiger partial charge is 0.270 e. The van der Waals surface area contributed by atoms with Crippen molar-refractivity contribution in [3.05, 3.63) is 97.6 Å². The van der Waals surface area contributed by atoms with Crippen LogP contribution in [0.15, 0.2) is 58.7 Å². The molecule has 32 heavy (non-hydrogen) atoms. The number of methoxy groups -OCH3 is 1. The zero-order valence-electron chi connectivity index (χ0n) is 18.3. The summed E-state index contributed by atoms with van der Waals surface area (Å²) >= 11 is 1.55. The molecule has 0 aliphatic heterocycles. The maximum atomic E-state index is 13.7. The lowest BCUT2D eigenvalue weighted by Crippen LogP contribution is -2.29. The van der Waals surface area contributed by atoms with Crippen LogP contribution < -0.4 is 10.3 Å². The van der Waals surface area contributed by atoms with Crippen molar-refractivity contribution in [2.75, 3.05) is 7.11 Å². The molecule has 0 amide bonds. The summed E-state index contributed by atoms with van der Waals surface area (Å²) in [5.74, 6) is 0.395. The summed E-state index contributed by atoms with van der Waals surface area (Å²) in [6.45, 7) is 4.14. The molecule has 0 radical (unpaired) electrons. The Kier molecular flexibility index (Phi) is 6.46. The van der Waals surface area contributed by atoms with Crippen molar-refractivity contribution in [2.45, 2.75) is 33.2 Å². The Labute approximate surface area is 190 Å². The first-order chi connectivity index (χ1) is 15.5. The van der Waals surface area contributed by atoms with Crippen molar-refractivity contribution in [1.29, 1.82) is 0 Å². The monoisotopic (exact) mass is 449 g/mol. The maximum Gasteiger partial charge on any atom is 0.270 e. The number of rotatable bonds is 7. The third-order valence-electron chi connectivity index (χ3n) is 5.33. The van der Waals surface area contributed by atoms with Gasteiger partial charge in [-0.2, -0.15) is 5.10 Å². The van der Waals surface area contributed by atoms with E-state index in [0.717, 1.165) is 33.1 Å². The summed E-state index contributed by atoms with van der Waals surface area (Å²) in [7, 11) is 1.61. The van der Waals surface area contributed by atoms with Gasteiger partial charge in [0.2, 0.25) is 0 Å². The van der Waals surface area contributed by atoms with Gasteiger partial charge in [-0.1, -0.05) is 30.3 Å². The van der Waals surface area contributed by atoms with Gasteiger partial charge in [-0.15, -0.1) is 11.3 Å².